The molecular weight excluding hydrogens is 531 g/mol. The van der Waals surface area contributed by atoms with Crippen molar-refractivity contribution in [3.05, 3.63) is 30.3 Å². The highest BCUT2D eigenvalue weighted by molar-refractivity contribution is 5.21. The molecule has 0 atom stereocenters. The topological polar surface area (TPSA) is 9.23 Å². The van der Waals surface area contributed by atoms with E-state index in [0.717, 1.165) is 12.1 Å². The fraction of sp³-hybridized carbons (Fsp3) is 0.625. The molecule has 34 heavy (non-hydrogen) atoms. The predicted molar refractivity (Wildman–Crippen MR) is 77.2 cm³/mol. The van der Waals surface area contributed by atoms with Crippen molar-refractivity contribution in [1.29, 1.82) is 0 Å². The minimum atomic E-state index is -8.62. The average molecular weight is 540 g/mol. The monoisotopic (exact) mass is 540 g/mol. The highest BCUT2D eigenvalue weighted by atomic mass is 19.4. The number of para-hydroxylation sites is 1. The maximum atomic E-state index is 13.6. The van der Waals surface area contributed by atoms with Gasteiger partial charge in [-0.05, 0) is 12.1 Å². The fourth-order valence-electron chi connectivity index (χ4n) is 2.17. The van der Waals surface area contributed by atoms with Gasteiger partial charge in [-0.1, -0.05) is 18.2 Å². The summed E-state index contributed by atoms with van der Waals surface area (Å²) in [6.45, 7) is -1.67. The van der Waals surface area contributed by atoms with E-state index in [1.807, 2.05) is 0 Å². The molecule has 0 bridgehead atoms. The summed E-state index contributed by atoms with van der Waals surface area (Å²) < 4.78 is 227. The molecule has 198 valence electrons. The molecular formula is C16H9F17O. The quantitative estimate of drug-likeness (QED) is 0.280. The lowest BCUT2D eigenvalue weighted by atomic mass is 9.88. The molecule has 0 spiro atoms. The third-order valence-corrected chi connectivity index (χ3v) is 4.22. The second-order valence-corrected chi connectivity index (χ2v) is 6.56. The molecule has 0 N–H and O–H groups in total. The first kappa shape index (κ1) is 29.9. The molecule has 1 nitrogen and oxygen atoms in total. The summed E-state index contributed by atoms with van der Waals surface area (Å²) in [5.41, 5.74) is 0. The Morgan fingerprint density at radius 2 is 0.824 bits per heavy atom. The summed E-state index contributed by atoms with van der Waals surface area (Å²) in [4.78, 5) is 0. The predicted octanol–water partition coefficient (Wildman–Crippen LogP) is 7.46. The zero-order valence-corrected chi connectivity index (χ0v) is 15.6. The zero-order chi connectivity index (χ0) is 27.2. The number of rotatable bonds is 10. The van der Waals surface area contributed by atoms with Crippen molar-refractivity contribution in [3.63, 3.8) is 0 Å². The maximum absolute atomic E-state index is 13.6. The van der Waals surface area contributed by atoms with Crippen LogP contribution in [0.3, 0.4) is 0 Å². The van der Waals surface area contributed by atoms with Crippen molar-refractivity contribution in [1.82, 2.24) is 0 Å². The van der Waals surface area contributed by atoms with Gasteiger partial charge in [0.15, 0.2) is 0 Å². The minimum absolute atomic E-state index is 0.362. The van der Waals surface area contributed by atoms with Gasteiger partial charge < -0.3 is 4.74 Å². The summed E-state index contributed by atoms with van der Waals surface area (Å²) in [6.07, 6.45) is -10.4. The summed E-state index contributed by atoms with van der Waals surface area (Å²) in [7, 11) is 0. The van der Waals surface area contributed by atoms with Gasteiger partial charge in [-0.15, -0.1) is 0 Å². The second kappa shape index (κ2) is 8.49. The third-order valence-electron chi connectivity index (χ3n) is 4.22. The van der Waals surface area contributed by atoms with E-state index in [0.29, 0.717) is 0 Å². The normalized spacial score (nSPS) is 15.4. The van der Waals surface area contributed by atoms with E-state index in [1.165, 1.54) is 18.2 Å². The Morgan fingerprint density at radius 1 is 0.471 bits per heavy atom. The van der Waals surface area contributed by atoms with Crippen molar-refractivity contribution in [3.8, 4) is 5.75 Å². The van der Waals surface area contributed by atoms with Gasteiger partial charge in [0, 0.05) is 0 Å². The van der Waals surface area contributed by atoms with E-state index >= 15 is 0 Å². The summed E-state index contributed by atoms with van der Waals surface area (Å²) in [6, 6.07) is 5.72. The van der Waals surface area contributed by atoms with Crippen molar-refractivity contribution in [2.45, 2.75) is 54.1 Å². The van der Waals surface area contributed by atoms with Gasteiger partial charge in [-0.2, -0.15) is 74.6 Å². The molecule has 0 aromatic heterocycles. The van der Waals surface area contributed by atoms with Crippen LogP contribution in [0.15, 0.2) is 30.3 Å². The number of alkyl halides is 17. The number of halogens is 17. The average Bonchev–Trinajstić information content (AvgIpc) is 2.66. The summed E-state index contributed by atoms with van der Waals surface area (Å²) in [5, 5.41) is 0. The molecule has 18 heteroatoms. The number of ether oxygens (including phenoxy) is 1. The van der Waals surface area contributed by atoms with E-state index in [2.05, 4.69) is 4.74 Å². The lowest BCUT2D eigenvalue weighted by Crippen LogP contribution is -2.74. The van der Waals surface area contributed by atoms with Crippen LogP contribution in [-0.4, -0.2) is 54.2 Å². The molecule has 1 aromatic carbocycles. The van der Waals surface area contributed by atoms with Crippen LogP contribution in [0.25, 0.3) is 0 Å². The van der Waals surface area contributed by atoms with Gasteiger partial charge in [0.05, 0.1) is 13.0 Å². The van der Waals surface area contributed by atoms with Crippen LogP contribution in [0, 0.1) is 0 Å². The zero-order valence-electron chi connectivity index (χ0n) is 15.6. The molecule has 1 rings (SSSR count). The first-order valence-corrected chi connectivity index (χ1v) is 8.22. The van der Waals surface area contributed by atoms with E-state index in [4.69, 9.17) is 0 Å². The Kier molecular flexibility index (Phi) is 7.46. The lowest BCUT2D eigenvalue weighted by molar-refractivity contribution is -0.461. The molecule has 0 aliphatic heterocycles. The smallest absolute Gasteiger partial charge is 0.460 e. The highest BCUT2D eigenvalue weighted by Crippen LogP contribution is 2.64. The molecule has 0 saturated carbocycles. The number of benzene rings is 1. The third kappa shape index (κ3) is 4.31. The molecule has 1 aromatic rings. The van der Waals surface area contributed by atoms with Crippen molar-refractivity contribution in [2.75, 3.05) is 6.61 Å². The largest absolute Gasteiger partial charge is 0.493 e. The molecule has 0 aliphatic rings. The number of hydrogen-bond donors (Lipinski definition) is 0. The van der Waals surface area contributed by atoms with Gasteiger partial charge in [0.1, 0.15) is 5.75 Å². The Labute approximate surface area is 177 Å². The molecule has 0 radical (unpaired) electrons. The lowest BCUT2D eigenvalue weighted by Gasteiger charge is -2.42. The Bertz CT molecular complexity index is 828. The molecule has 0 fully saturated rings. The molecule has 0 heterocycles. The van der Waals surface area contributed by atoms with Gasteiger partial charge in [0.25, 0.3) is 0 Å². The standard InChI is InChI=1S/C16H9F17O/c17-9(18,6-7-34-8-4-2-1-3-5-8)10(19,20)11(21,22)12(23,24)13(25,26)14(27,28)15(29,30)16(31,32)33/h1-5H,6-7H2. The van der Waals surface area contributed by atoms with Crippen LogP contribution >= 0.6 is 0 Å². The summed E-state index contributed by atoms with van der Waals surface area (Å²) in [5.74, 6) is -56.6. The number of hydrogen-bond acceptors (Lipinski definition) is 1. The van der Waals surface area contributed by atoms with Crippen LogP contribution in [0.2, 0.25) is 0 Å². The fourth-order valence-corrected chi connectivity index (χ4v) is 2.17. The Hall–Kier alpha value is -2.17. The van der Waals surface area contributed by atoms with Crippen LogP contribution in [0.1, 0.15) is 6.42 Å². The molecule has 0 unspecified atom stereocenters. The van der Waals surface area contributed by atoms with Gasteiger partial charge in [-0.3, -0.25) is 0 Å². The van der Waals surface area contributed by atoms with Gasteiger partial charge >= 0.3 is 47.6 Å². The first-order valence-electron chi connectivity index (χ1n) is 8.22. The van der Waals surface area contributed by atoms with E-state index in [1.54, 1.807) is 0 Å². The Morgan fingerprint density at radius 3 is 1.21 bits per heavy atom. The van der Waals surface area contributed by atoms with E-state index in [-0.39, 0.29) is 5.75 Å². The van der Waals surface area contributed by atoms with Crippen molar-refractivity contribution < 1.29 is 79.4 Å². The highest BCUT2D eigenvalue weighted by Gasteiger charge is 2.95. The Balaban J connectivity index is 3.36. The second-order valence-electron chi connectivity index (χ2n) is 6.56. The van der Waals surface area contributed by atoms with Gasteiger partial charge in [-0.25, -0.2) is 0 Å². The van der Waals surface area contributed by atoms with Crippen molar-refractivity contribution in [2.24, 2.45) is 0 Å². The van der Waals surface area contributed by atoms with E-state index < -0.39 is 60.7 Å². The SMILES string of the molecule is FC(F)(F)C(F)(F)C(F)(F)C(F)(F)C(F)(F)C(F)(F)C(F)(F)C(F)(F)CCOc1ccccc1. The molecule has 0 aliphatic carbocycles. The molecule has 0 saturated heterocycles. The minimum Gasteiger partial charge on any atom is -0.493 e. The summed E-state index contributed by atoms with van der Waals surface area (Å²) >= 11 is 0. The van der Waals surface area contributed by atoms with Crippen LogP contribution in [0.5, 0.6) is 5.75 Å². The van der Waals surface area contributed by atoms with Crippen LogP contribution in [-0.2, 0) is 0 Å². The maximum Gasteiger partial charge on any atom is 0.460 e. The van der Waals surface area contributed by atoms with Crippen molar-refractivity contribution >= 4 is 0 Å². The van der Waals surface area contributed by atoms with E-state index in [9.17, 15) is 74.6 Å². The first-order chi connectivity index (χ1) is 14.8. The van der Waals surface area contributed by atoms with Crippen LogP contribution < -0.4 is 4.74 Å². The van der Waals surface area contributed by atoms with Gasteiger partial charge in [0.2, 0.25) is 0 Å². The molecule has 0 amide bonds. The van der Waals surface area contributed by atoms with Crippen LogP contribution in [0.4, 0.5) is 74.6 Å².